The fourth-order valence-corrected chi connectivity index (χ4v) is 1.78. The van der Waals surface area contributed by atoms with Crippen LogP contribution in [0.4, 0.5) is 13.2 Å². The van der Waals surface area contributed by atoms with Crippen LogP contribution < -0.4 is 5.56 Å². The van der Waals surface area contributed by atoms with Gasteiger partial charge >= 0.3 is 6.18 Å². The zero-order valence-electron chi connectivity index (χ0n) is 9.13. The molecule has 0 spiro atoms. The van der Waals surface area contributed by atoms with Crippen LogP contribution in [-0.4, -0.2) is 30.2 Å². The van der Waals surface area contributed by atoms with Gasteiger partial charge in [-0.1, -0.05) is 0 Å². The average Bonchev–Trinajstić information content (AvgIpc) is 2.39. The van der Waals surface area contributed by atoms with E-state index in [4.69, 9.17) is 0 Å². The highest BCUT2D eigenvalue weighted by atomic mass is 32.2. The van der Waals surface area contributed by atoms with E-state index in [1.165, 1.54) is 0 Å². The lowest BCUT2D eigenvalue weighted by Crippen LogP contribution is -2.22. The number of nitrogens with zero attached hydrogens (tertiary/aromatic N) is 1. The van der Waals surface area contributed by atoms with Crippen LogP contribution in [0.5, 0.6) is 0 Å². The van der Waals surface area contributed by atoms with Crippen molar-refractivity contribution in [3.05, 3.63) is 21.6 Å². The third-order valence-corrected chi connectivity index (χ3v) is 3.08. The molecule has 0 radical (unpaired) electrons. The Balaban J connectivity index is 3.09. The Morgan fingerprint density at radius 1 is 1.35 bits per heavy atom. The molecule has 0 amide bonds. The first-order chi connectivity index (χ1) is 7.52. The number of aromatic amines is 1. The van der Waals surface area contributed by atoms with Gasteiger partial charge in [0.15, 0.2) is 0 Å². The molecular formula is C8H11F3N2O3S. The van der Waals surface area contributed by atoms with Gasteiger partial charge in [0.1, 0.15) is 15.5 Å². The third kappa shape index (κ3) is 3.35. The number of aromatic nitrogens is 2. The lowest BCUT2D eigenvalue weighted by molar-refractivity contribution is -0.141. The average molecular weight is 272 g/mol. The van der Waals surface area contributed by atoms with Gasteiger partial charge in [0.2, 0.25) is 0 Å². The summed E-state index contributed by atoms with van der Waals surface area (Å²) < 4.78 is 59.6. The molecule has 0 unspecified atom stereocenters. The number of sulfone groups is 1. The zero-order chi connectivity index (χ0) is 13.4. The molecule has 0 aliphatic rings. The smallest absolute Gasteiger partial charge is 0.291 e. The highest BCUT2D eigenvalue weighted by Gasteiger charge is 2.36. The van der Waals surface area contributed by atoms with Gasteiger partial charge in [-0.25, -0.2) is 8.42 Å². The van der Waals surface area contributed by atoms with E-state index in [9.17, 15) is 26.4 Å². The number of hydrogen-bond donors (Lipinski definition) is 1. The largest absolute Gasteiger partial charge is 0.433 e. The number of nitrogens with one attached hydrogen (secondary N) is 1. The highest BCUT2D eigenvalue weighted by Crippen LogP contribution is 2.28. The van der Waals surface area contributed by atoms with E-state index in [1.807, 2.05) is 5.10 Å². The predicted octanol–water partition coefficient (Wildman–Crippen LogP) is 0.548. The Hall–Kier alpha value is -1.25. The van der Waals surface area contributed by atoms with Crippen LogP contribution in [-0.2, 0) is 22.6 Å². The Labute approximate surface area is 95.1 Å². The van der Waals surface area contributed by atoms with E-state index in [1.54, 1.807) is 0 Å². The Morgan fingerprint density at radius 3 is 2.24 bits per heavy atom. The van der Waals surface area contributed by atoms with Crippen LogP contribution >= 0.6 is 0 Å². The molecular weight excluding hydrogens is 261 g/mol. The summed E-state index contributed by atoms with van der Waals surface area (Å²) in [6.45, 7) is 0.715. The molecule has 0 fully saturated rings. The van der Waals surface area contributed by atoms with Crippen molar-refractivity contribution in [3.8, 4) is 0 Å². The number of halogens is 3. The van der Waals surface area contributed by atoms with Crippen LogP contribution in [0.15, 0.2) is 4.79 Å². The van der Waals surface area contributed by atoms with Crippen molar-refractivity contribution in [2.45, 2.75) is 19.6 Å². The van der Waals surface area contributed by atoms with Gasteiger partial charge in [0.05, 0.1) is 12.3 Å². The molecule has 9 heteroatoms. The van der Waals surface area contributed by atoms with Crippen LogP contribution in [0.2, 0.25) is 0 Å². The first-order valence-electron chi connectivity index (χ1n) is 4.56. The lowest BCUT2D eigenvalue weighted by atomic mass is 10.3. The molecule has 98 valence electrons. The molecule has 0 bridgehead atoms. The van der Waals surface area contributed by atoms with Crippen molar-refractivity contribution < 1.29 is 21.6 Å². The van der Waals surface area contributed by atoms with E-state index in [-0.39, 0.29) is 6.54 Å². The summed E-state index contributed by atoms with van der Waals surface area (Å²) in [4.78, 5) is 11.4. The van der Waals surface area contributed by atoms with Crippen molar-refractivity contribution in [3.63, 3.8) is 0 Å². The van der Waals surface area contributed by atoms with Gasteiger partial charge < -0.3 is 0 Å². The van der Waals surface area contributed by atoms with E-state index in [0.29, 0.717) is 4.68 Å². The molecule has 0 saturated heterocycles. The molecule has 5 nitrogen and oxygen atoms in total. The molecule has 1 N–H and O–H groups in total. The minimum atomic E-state index is -4.65. The van der Waals surface area contributed by atoms with Gasteiger partial charge in [-0.05, 0) is 6.92 Å². The SMILES string of the molecule is Cc1c(C(F)(F)F)[nH]n(CCS(C)(=O)=O)c1=O. The molecule has 0 aliphatic carbocycles. The second-order valence-electron chi connectivity index (χ2n) is 3.70. The summed E-state index contributed by atoms with van der Waals surface area (Å²) in [6.07, 6.45) is -3.71. The molecule has 1 aromatic rings. The number of rotatable bonds is 3. The third-order valence-electron chi connectivity index (χ3n) is 2.16. The summed E-state index contributed by atoms with van der Waals surface area (Å²) in [7, 11) is -3.34. The second kappa shape index (κ2) is 4.21. The predicted molar refractivity (Wildman–Crippen MR) is 54.5 cm³/mol. The molecule has 0 aromatic carbocycles. The fraction of sp³-hybridized carbons (Fsp3) is 0.625. The first kappa shape index (κ1) is 13.8. The highest BCUT2D eigenvalue weighted by molar-refractivity contribution is 7.90. The van der Waals surface area contributed by atoms with Crippen molar-refractivity contribution in [1.29, 1.82) is 0 Å². The first-order valence-corrected chi connectivity index (χ1v) is 6.63. The van der Waals surface area contributed by atoms with E-state index < -0.39 is 38.6 Å². The van der Waals surface area contributed by atoms with E-state index in [2.05, 4.69) is 0 Å². The van der Waals surface area contributed by atoms with Crippen molar-refractivity contribution in [2.75, 3.05) is 12.0 Å². The number of alkyl halides is 3. The lowest BCUT2D eigenvalue weighted by Gasteiger charge is -2.04. The van der Waals surface area contributed by atoms with Crippen LogP contribution in [0.1, 0.15) is 11.3 Å². The van der Waals surface area contributed by atoms with Gasteiger partial charge in [-0.2, -0.15) is 13.2 Å². The number of hydrogen-bond acceptors (Lipinski definition) is 3. The Bertz CT molecular complexity index is 568. The van der Waals surface area contributed by atoms with E-state index >= 15 is 0 Å². The van der Waals surface area contributed by atoms with Crippen LogP contribution in [0, 0.1) is 6.92 Å². The van der Waals surface area contributed by atoms with Gasteiger partial charge in [-0.3, -0.25) is 14.6 Å². The summed E-state index contributed by atoms with van der Waals surface area (Å²) in [5, 5.41) is 1.88. The summed E-state index contributed by atoms with van der Waals surface area (Å²) in [5.41, 5.74) is -2.47. The summed E-state index contributed by atoms with van der Waals surface area (Å²) >= 11 is 0. The number of aryl methyl sites for hydroxylation is 1. The molecule has 1 rings (SSSR count). The molecule has 17 heavy (non-hydrogen) atoms. The van der Waals surface area contributed by atoms with Gasteiger partial charge in [0.25, 0.3) is 5.56 Å². The van der Waals surface area contributed by atoms with Crippen molar-refractivity contribution in [1.82, 2.24) is 9.78 Å². The zero-order valence-corrected chi connectivity index (χ0v) is 9.94. The standard InChI is InChI=1S/C8H11F3N2O3S/c1-5-6(8(9,10)11)12-13(7(5)14)3-4-17(2,15)16/h12H,3-4H2,1-2H3. The quantitative estimate of drug-likeness (QED) is 0.873. The summed E-state index contributed by atoms with van der Waals surface area (Å²) in [6, 6.07) is 0. The Kier molecular flexibility index (Phi) is 3.42. The molecule has 0 saturated carbocycles. The van der Waals surface area contributed by atoms with Crippen molar-refractivity contribution >= 4 is 9.84 Å². The second-order valence-corrected chi connectivity index (χ2v) is 5.96. The minimum absolute atomic E-state index is 0.325. The normalized spacial score (nSPS) is 13.0. The molecule has 1 heterocycles. The van der Waals surface area contributed by atoms with Gasteiger partial charge in [0, 0.05) is 11.8 Å². The fourth-order valence-electron chi connectivity index (χ4n) is 1.27. The van der Waals surface area contributed by atoms with Gasteiger partial charge in [-0.15, -0.1) is 0 Å². The summed E-state index contributed by atoms with van der Waals surface area (Å²) in [5.74, 6) is -0.399. The molecule has 0 aliphatic heterocycles. The monoisotopic (exact) mass is 272 g/mol. The van der Waals surface area contributed by atoms with Crippen LogP contribution in [0.3, 0.4) is 0 Å². The van der Waals surface area contributed by atoms with Crippen molar-refractivity contribution in [2.24, 2.45) is 0 Å². The molecule has 1 aromatic heterocycles. The maximum Gasteiger partial charge on any atom is 0.433 e. The minimum Gasteiger partial charge on any atom is -0.291 e. The molecule has 0 atom stereocenters. The maximum absolute atomic E-state index is 12.4. The Morgan fingerprint density at radius 2 is 1.88 bits per heavy atom. The maximum atomic E-state index is 12.4. The van der Waals surface area contributed by atoms with Crippen LogP contribution in [0.25, 0.3) is 0 Å². The topological polar surface area (TPSA) is 71.9 Å². The van der Waals surface area contributed by atoms with E-state index in [0.717, 1.165) is 13.2 Å². The number of H-pyrrole nitrogens is 1.